The van der Waals surface area contributed by atoms with Gasteiger partial charge >= 0.3 is 0 Å². The molecule has 0 saturated carbocycles. The van der Waals surface area contributed by atoms with Gasteiger partial charge in [-0.3, -0.25) is 0 Å². The largest absolute Gasteiger partial charge is 0.352 e. The molecule has 0 atom stereocenters. The van der Waals surface area contributed by atoms with Crippen molar-refractivity contribution >= 4 is 27.2 Å². The maximum atomic E-state index is 13.0. The SMILES string of the molecule is Cc1ccc(-n2nnc3c(N4CCN(S(=O)(=O)N5CCCCC5)CC4)ncnc32)cc1. The summed E-state index contributed by atoms with van der Waals surface area (Å²) in [5.74, 6) is 0.693. The van der Waals surface area contributed by atoms with Crippen molar-refractivity contribution in [1.82, 2.24) is 33.6 Å². The Labute approximate surface area is 181 Å². The van der Waals surface area contributed by atoms with Crippen LogP contribution < -0.4 is 4.90 Å². The van der Waals surface area contributed by atoms with Crippen molar-refractivity contribution in [2.45, 2.75) is 26.2 Å². The van der Waals surface area contributed by atoms with Crippen molar-refractivity contribution in [1.29, 1.82) is 0 Å². The number of aromatic nitrogens is 5. The molecule has 0 radical (unpaired) electrons. The third-order valence-corrected chi connectivity index (χ3v) is 8.04. The Morgan fingerprint density at radius 1 is 0.839 bits per heavy atom. The molecule has 164 valence electrons. The van der Waals surface area contributed by atoms with Gasteiger partial charge < -0.3 is 4.90 Å². The van der Waals surface area contributed by atoms with Crippen molar-refractivity contribution in [3.05, 3.63) is 36.2 Å². The van der Waals surface area contributed by atoms with E-state index in [1.807, 2.05) is 31.2 Å². The maximum Gasteiger partial charge on any atom is 0.282 e. The molecule has 1 aromatic carbocycles. The number of piperazine rings is 1. The van der Waals surface area contributed by atoms with E-state index < -0.39 is 10.2 Å². The fourth-order valence-corrected chi connectivity index (χ4v) is 5.89. The van der Waals surface area contributed by atoms with E-state index in [9.17, 15) is 8.42 Å². The van der Waals surface area contributed by atoms with Gasteiger partial charge in [0.15, 0.2) is 17.0 Å². The standard InChI is InChI=1S/C20H26N8O2S/c1-16-5-7-17(8-6-16)28-20-18(23-24-28)19(21-15-22-20)25-11-13-27(14-12-25)31(29,30)26-9-3-2-4-10-26/h5-8,15H,2-4,9-14H2,1H3. The summed E-state index contributed by atoms with van der Waals surface area (Å²) in [5.41, 5.74) is 3.31. The first-order valence-corrected chi connectivity index (χ1v) is 12.1. The Morgan fingerprint density at radius 3 is 2.23 bits per heavy atom. The molecular formula is C20H26N8O2S. The summed E-state index contributed by atoms with van der Waals surface area (Å²) >= 11 is 0. The first-order chi connectivity index (χ1) is 15.0. The minimum atomic E-state index is -3.39. The van der Waals surface area contributed by atoms with Gasteiger partial charge in [-0.15, -0.1) is 5.10 Å². The zero-order valence-electron chi connectivity index (χ0n) is 17.6. The molecule has 31 heavy (non-hydrogen) atoms. The predicted octanol–water partition coefficient (Wildman–Crippen LogP) is 1.37. The number of rotatable bonds is 4. The molecule has 5 rings (SSSR count). The van der Waals surface area contributed by atoms with E-state index in [2.05, 4.69) is 25.2 Å². The van der Waals surface area contributed by atoms with Crippen LogP contribution in [0.5, 0.6) is 0 Å². The predicted molar refractivity (Wildman–Crippen MR) is 117 cm³/mol. The molecule has 0 unspecified atom stereocenters. The van der Waals surface area contributed by atoms with Gasteiger partial charge in [-0.1, -0.05) is 29.3 Å². The lowest BCUT2D eigenvalue weighted by atomic mass is 10.2. The quantitative estimate of drug-likeness (QED) is 0.602. The molecule has 2 aromatic heterocycles. The maximum absolute atomic E-state index is 13.0. The van der Waals surface area contributed by atoms with Crippen molar-refractivity contribution in [3.8, 4) is 5.69 Å². The molecule has 2 fully saturated rings. The first kappa shape index (κ1) is 20.3. The van der Waals surface area contributed by atoms with Crippen molar-refractivity contribution in [3.63, 3.8) is 0 Å². The number of benzene rings is 1. The Kier molecular flexibility index (Phi) is 5.32. The molecule has 2 aliphatic heterocycles. The lowest BCUT2D eigenvalue weighted by Gasteiger charge is -2.38. The van der Waals surface area contributed by atoms with E-state index in [-0.39, 0.29) is 0 Å². The summed E-state index contributed by atoms with van der Waals surface area (Å²) in [7, 11) is -3.39. The number of fused-ring (bicyclic) bond motifs is 1. The van der Waals surface area contributed by atoms with Gasteiger partial charge in [-0.25, -0.2) is 9.97 Å². The van der Waals surface area contributed by atoms with Crippen LogP contribution >= 0.6 is 0 Å². The van der Waals surface area contributed by atoms with Crippen LogP contribution in [0.15, 0.2) is 30.6 Å². The number of aryl methyl sites for hydroxylation is 1. The normalized spacial score (nSPS) is 19.2. The summed E-state index contributed by atoms with van der Waals surface area (Å²) in [4.78, 5) is 10.9. The Hall–Kier alpha value is -2.63. The number of hydrogen-bond donors (Lipinski definition) is 0. The van der Waals surface area contributed by atoms with Crippen LogP contribution in [0.3, 0.4) is 0 Å². The van der Waals surface area contributed by atoms with Crippen LogP contribution in [0.1, 0.15) is 24.8 Å². The summed E-state index contributed by atoms with van der Waals surface area (Å²) in [6.07, 6.45) is 4.50. The van der Waals surface area contributed by atoms with Gasteiger partial charge in [-0.05, 0) is 31.9 Å². The minimum Gasteiger partial charge on any atom is -0.352 e. The summed E-state index contributed by atoms with van der Waals surface area (Å²) < 4.78 is 30.9. The number of anilines is 1. The Morgan fingerprint density at radius 2 is 1.52 bits per heavy atom. The van der Waals surface area contributed by atoms with Crippen LogP contribution in [0, 0.1) is 6.92 Å². The minimum absolute atomic E-state index is 0.427. The Balaban J connectivity index is 1.36. The van der Waals surface area contributed by atoms with Crippen molar-refractivity contribution in [2.75, 3.05) is 44.2 Å². The number of nitrogens with zero attached hydrogens (tertiary/aromatic N) is 8. The van der Waals surface area contributed by atoms with E-state index >= 15 is 0 Å². The van der Waals surface area contributed by atoms with E-state index in [1.165, 1.54) is 11.9 Å². The van der Waals surface area contributed by atoms with Crippen LogP contribution in [-0.4, -0.2) is 81.3 Å². The second-order valence-electron chi connectivity index (χ2n) is 8.06. The third kappa shape index (κ3) is 3.77. The lowest BCUT2D eigenvalue weighted by molar-refractivity contribution is 0.295. The molecule has 0 aliphatic carbocycles. The van der Waals surface area contributed by atoms with Gasteiger partial charge in [0.1, 0.15) is 6.33 Å². The molecule has 0 bridgehead atoms. The average Bonchev–Trinajstić information content (AvgIpc) is 3.25. The van der Waals surface area contributed by atoms with Crippen LogP contribution in [-0.2, 0) is 10.2 Å². The molecule has 0 spiro atoms. The Bertz CT molecular complexity index is 1160. The summed E-state index contributed by atoms with van der Waals surface area (Å²) in [5, 5.41) is 8.63. The van der Waals surface area contributed by atoms with Crippen LogP contribution in [0.4, 0.5) is 5.82 Å². The molecule has 0 amide bonds. The highest BCUT2D eigenvalue weighted by atomic mass is 32.2. The monoisotopic (exact) mass is 442 g/mol. The van der Waals surface area contributed by atoms with Crippen LogP contribution in [0.25, 0.3) is 16.9 Å². The fourth-order valence-electron chi connectivity index (χ4n) is 4.22. The van der Waals surface area contributed by atoms with E-state index in [0.717, 1.165) is 24.9 Å². The van der Waals surface area contributed by atoms with Gasteiger partial charge in [-0.2, -0.15) is 21.7 Å². The second-order valence-corrected chi connectivity index (χ2v) is 9.99. The highest BCUT2D eigenvalue weighted by Crippen LogP contribution is 2.25. The molecule has 11 heteroatoms. The second kappa shape index (κ2) is 8.13. The fraction of sp³-hybridized carbons (Fsp3) is 0.500. The average molecular weight is 443 g/mol. The van der Waals surface area contributed by atoms with Crippen molar-refractivity contribution in [2.24, 2.45) is 0 Å². The van der Waals surface area contributed by atoms with E-state index in [1.54, 1.807) is 13.3 Å². The first-order valence-electron chi connectivity index (χ1n) is 10.7. The molecule has 3 aromatic rings. The van der Waals surface area contributed by atoms with Gasteiger partial charge in [0.05, 0.1) is 5.69 Å². The zero-order valence-corrected chi connectivity index (χ0v) is 18.4. The molecule has 2 aliphatic rings. The van der Waals surface area contributed by atoms with Crippen LogP contribution in [0.2, 0.25) is 0 Å². The third-order valence-electron chi connectivity index (χ3n) is 6.00. The topological polar surface area (TPSA) is 100 Å². The molecule has 0 N–H and O–H groups in total. The molecule has 4 heterocycles. The van der Waals surface area contributed by atoms with Gasteiger partial charge in [0.2, 0.25) is 0 Å². The summed E-state index contributed by atoms with van der Waals surface area (Å²) in [6.45, 7) is 5.24. The van der Waals surface area contributed by atoms with Gasteiger partial charge in [0, 0.05) is 39.3 Å². The highest BCUT2D eigenvalue weighted by Gasteiger charge is 2.33. The highest BCUT2D eigenvalue weighted by molar-refractivity contribution is 7.86. The molecule has 2 saturated heterocycles. The van der Waals surface area contributed by atoms with Crippen molar-refractivity contribution < 1.29 is 8.42 Å². The smallest absolute Gasteiger partial charge is 0.282 e. The molecule has 10 nitrogen and oxygen atoms in total. The lowest BCUT2D eigenvalue weighted by Crippen LogP contribution is -2.54. The summed E-state index contributed by atoms with van der Waals surface area (Å²) in [6, 6.07) is 8.00. The molecular weight excluding hydrogens is 416 g/mol. The van der Waals surface area contributed by atoms with E-state index in [0.29, 0.717) is 56.3 Å². The number of piperidine rings is 1. The number of hydrogen-bond acceptors (Lipinski definition) is 7. The zero-order chi connectivity index (χ0) is 21.4. The van der Waals surface area contributed by atoms with Gasteiger partial charge in [0.25, 0.3) is 10.2 Å². The van der Waals surface area contributed by atoms with E-state index in [4.69, 9.17) is 0 Å².